The summed E-state index contributed by atoms with van der Waals surface area (Å²) in [5.74, 6) is 0.887. The molecule has 3 heteroatoms. The van der Waals surface area contributed by atoms with Gasteiger partial charge in [0.15, 0.2) is 5.83 Å². The van der Waals surface area contributed by atoms with Crippen LogP contribution in [0.15, 0.2) is 36.2 Å². The molecule has 0 N–H and O–H groups in total. The van der Waals surface area contributed by atoms with Gasteiger partial charge in [-0.3, -0.25) is 0 Å². The van der Waals surface area contributed by atoms with Crippen molar-refractivity contribution in [2.24, 2.45) is 11.8 Å². The highest BCUT2D eigenvalue weighted by Gasteiger charge is 2.25. The Kier molecular flexibility index (Phi) is 8.10. The summed E-state index contributed by atoms with van der Waals surface area (Å²) in [7, 11) is 0. The minimum atomic E-state index is -0.628. The summed E-state index contributed by atoms with van der Waals surface area (Å²) in [6, 6.07) is 10.9. The fourth-order valence-corrected chi connectivity index (χ4v) is 4.85. The van der Waals surface area contributed by atoms with Crippen LogP contribution in [0.3, 0.4) is 0 Å². The lowest BCUT2D eigenvalue weighted by molar-refractivity contribution is -0.00340. The first-order valence-corrected chi connectivity index (χ1v) is 11.2. The first kappa shape index (κ1) is 21.1. The van der Waals surface area contributed by atoms with Crippen molar-refractivity contribution in [2.75, 3.05) is 6.61 Å². The van der Waals surface area contributed by atoms with Crippen LogP contribution in [0.4, 0.5) is 4.39 Å². The first-order chi connectivity index (χ1) is 13.7. The van der Waals surface area contributed by atoms with Crippen LogP contribution in [0.1, 0.15) is 81.8 Å². The van der Waals surface area contributed by atoms with Crippen LogP contribution in [0, 0.1) is 23.2 Å². The zero-order valence-corrected chi connectivity index (χ0v) is 17.2. The van der Waals surface area contributed by atoms with Gasteiger partial charge < -0.3 is 4.74 Å². The third-order valence-electron chi connectivity index (χ3n) is 6.61. The van der Waals surface area contributed by atoms with E-state index in [1.807, 2.05) is 0 Å². The minimum absolute atomic E-state index is 0.232. The molecule has 152 valence electrons. The topological polar surface area (TPSA) is 33.0 Å². The minimum Gasteiger partial charge on any atom is -0.378 e. The summed E-state index contributed by atoms with van der Waals surface area (Å²) >= 11 is 0. The van der Waals surface area contributed by atoms with E-state index in [0.717, 1.165) is 45.1 Å². The number of allylic oxidation sites excluding steroid dienone is 2. The first-order valence-electron chi connectivity index (χ1n) is 11.2. The highest BCUT2D eigenvalue weighted by atomic mass is 19.1. The van der Waals surface area contributed by atoms with Gasteiger partial charge in [-0.1, -0.05) is 37.6 Å². The van der Waals surface area contributed by atoms with Gasteiger partial charge in [-0.2, -0.15) is 9.65 Å². The summed E-state index contributed by atoms with van der Waals surface area (Å²) in [5.41, 5.74) is 2.94. The van der Waals surface area contributed by atoms with E-state index in [1.165, 1.54) is 42.9 Å². The molecule has 1 aromatic rings. The molecule has 0 aromatic heterocycles. The Hall–Kier alpha value is -1.66. The summed E-state index contributed by atoms with van der Waals surface area (Å²) in [6.45, 7) is 3.07. The van der Waals surface area contributed by atoms with E-state index in [-0.39, 0.29) is 5.92 Å². The lowest BCUT2D eigenvalue weighted by atomic mass is 9.81. The molecule has 2 fully saturated rings. The molecule has 2 saturated carbocycles. The summed E-state index contributed by atoms with van der Waals surface area (Å²) in [6.07, 6.45) is 13.2. The Morgan fingerprint density at radius 2 is 1.75 bits per heavy atom. The van der Waals surface area contributed by atoms with Crippen LogP contribution in [-0.2, 0) is 11.2 Å². The van der Waals surface area contributed by atoms with Gasteiger partial charge in [-0.05, 0) is 92.7 Å². The van der Waals surface area contributed by atoms with E-state index in [0.29, 0.717) is 17.9 Å². The highest BCUT2D eigenvalue weighted by Crippen LogP contribution is 2.35. The Morgan fingerprint density at radius 3 is 2.36 bits per heavy atom. The number of halogens is 1. The maximum atomic E-state index is 13.1. The number of benzene rings is 1. The molecule has 2 nitrogen and oxygen atoms in total. The quantitative estimate of drug-likeness (QED) is 0.482. The Labute approximate surface area is 169 Å². The van der Waals surface area contributed by atoms with Gasteiger partial charge in [0, 0.05) is 6.61 Å². The molecule has 3 rings (SSSR count). The van der Waals surface area contributed by atoms with Gasteiger partial charge in [0.05, 0.1) is 6.10 Å². The number of nitrogens with zero attached hydrogens (tertiary/aromatic N) is 1. The van der Waals surface area contributed by atoms with E-state index >= 15 is 0 Å². The van der Waals surface area contributed by atoms with Gasteiger partial charge in [0.2, 0.25) is 0 Å². The number of ether oxygens (including phenoxy) is 1. The maximum Gasteiger partial charge on any atom is 0.196 e. The predicted octanol–water partition coefficient (Wildman–Crippen LogP) is 6.87. The van der Waals surface area contributed by atoms with Crippen molar-refractivity contribution >= 4 is 0 Å². The van der Waals surface area contributed by atoms with Crippen LogP contribution >= 0.6 is 0 Å². The lowest BCUT2D eigenvalue weighted by Gasteiger charge is -2.32. The van der Waals surface area contributed by atoms with Crippen molar-refractivity contribution in [3.63, 3.8) is 0 Å². The molecule has 0 atom stereocenters. The SMILES string of the molecule is CCCc1ccc(C2CCC(OCC3CCC(/C=C(/F)C#N)CC3)CC2)cc1. The maximum absolute atomic E-state index is 13.1. The molecule has 0 heterocycles. The average molecular weight is 384 g/mol. The number of hydrogen-bond acceptors (Lipinski definition) is 2. The van der Waals surface area contributed by atoms with Crippen molar-refractivity contribution in [3.8, 4) is 6.07 Å². The zero-order valence-electron chi connectivity index (χ0n) is 17.2. The molecular formula is C25H34FNO. The van der Waals surface area contributed by atoms with Gasteiger partial charge in [-0.15, -0.1) is 0 Å². The fourth-order valence-electron chi connectivity index (χ4n) is 4.85. The van der Waals surface area contributed by atoms with Crippen molar-refractivity contribution in [2.45, 2.75) is 83.2 Å². The van der Waals surface area contributed by atoms with Crippen LogP contribution in [-0.4, -0.2) is 12.7 Å². The van der Waals surface area contributed by atoms with Crippen molar-refractivity contribution in [3.05, 3.63) is 47.3 Å². The second-order valence-electron chi connectivity index (χ2n) is 8.71. The molecule has 0 unspecified atom stereocenters. The van der Waals surface area contributed by atoms with Crippen LogP contribution in [0.25, 0.3) is 0 Å². The fraction of sp³-hybridized carbons (Fsp3) is 0.640. The number of aryl methyl sites for hydroxylation is 1. The monoisotopic (exact) mass is 383 g/mol. The molecular weight excluding hydrogens is 349 g/mol. The van der Waals surface area contributed by atoms with Gasteiger partial charge >= 0.3 is 0 Å². The number of hydrogen-bond donors (Lipinski definition) is 0. The lowest BCUT2D eigenvalue weighted by Crippen LogP contribution is -2.25. The summed E-state index contributed by atoms with van der Waals surface area (Å²) in [4.78, 5) is 0. The second-order valence-corrected chi connectivity index (χ2v) is 8.71. The predicted molar refractivity (Wildman–Crippen MR) is 112 cm³/mol. The molecule has 0 saturated heterocycles. The average Bonchev–Trinajstić information content (AvgIpc) is 2.74. The Morgan fingerprint density at radius 1 is 1.07 bits per heavy atom. The molecule has 28 heavy (non-hydrogen) atoms. The van der Waals surface area contributed by atoms with Crippen molar-refractivity contribution < 1.29 is 9.13 Å². The van der Waals surface area contributed by atoms with E-state index in [1.54, 1.807) is 6.07 Å². The Balaban J connectivity index is 1.35. The molecule has 2 aliphatic rings. The number of nitriles is 1. The molecule has 0 amide bonds. The molecule has 0 radical (unpaired) electrons. The molecule has 1 aromatic carbocycles. The van der Waals surface area contributed by atoms with Gasteiger partial charge in [0.25, 0.3) is 0 Å². The highest BCUT2D eigenvalue weighted by molar-refractivity contribution is 5.26. The van der Waals surface area contributed by atoms with E-state index in [2.05, 4.69) is 31.2 Å². The number of rotatable bonds is 7. The molecule has 0 aliphatic heterocycles. The van der Waals surface area contributed by atoms with Crippen LogP contribution < -0.4 is 0 Å². The van der Waals surface area contributed by atoms with Crippen molar-refractivity contribution in [1.29, 1.82) is 5.26 Å². The van der Waals surface area contributed by atoms with E-state index in [4.69, 9.17) is 10.00 Å². The molecule has 0 spiro atoms. The van der Waals surface area contributed by atoms with Crippen LogP contribution in [0.5, 0.6) is 0 Å². The largest absolute Gasteiger partial charge is 0.378 e. The third-order valence-corrected chi connectivity index (χ3v) is 6.61. The normalized spacial score (nSPS) is 28.7. The third kappa shape index (κ3) is 6.17. The van der Waals surface area contributed by atoms with Crippen molar-refractivity contribution in [1.82, 2.24) is 0 Å². The standard InChI is InChI=1S/C25H34FNO/c1-2-3-19-8-10-22(11-9-19)23-12-14-25(15-13-23)28-18-21-6-4-20(5-7-21)16-24(26)17-27/h8-11,16,20-21,23,25H,2-7,12-15,18H2,1H3/b24-16+. The Bertz CT molecular complexity index is 659. The molecule has 0 bridgehead atoms. The van der Waals surface area contributed by atoms with E-state index < -0.39 is 5.83 Å². The van der Waals surface area contributed by atoms with E-state index in [9.17, 15) is 4.39 Å². The summed E-state index contributed by atoms with van der Waals surface area (Å²) in [5, 5.41) is 8.56. The van der Waals surface area contributed by atoms with Gasteiger partial charge in [0.1, 0.15) is 6.07 Å². The van der Waals surface area contributed by atoms with Gasteiger partial charge in [-0.25, -0.2) is 0 Å². The smallest absolute Gasteiger partial charge is 0.196 e. The molecule has 2 aliphatic carbocycles. The summed E-state index contributed by atoms with van der Waals surface area (Å²) < 4.78 is 19.3. The second kappa shape index (κ2) is 10.8. The zero-order chi connectivity index (χ0) is 19.8. The van der Waals surface area contributed by atoms with Crippen LogP contribution in [0.2, 0.25) is 0 Å².